The molecule has 0 unspecified atom stereocenters. The summed E-state index contributed by atoms with van der Waals surface area (Å²) in [5, 5.41) is 0. The van der Waals surface area contributed by atoms with Gasteiger partial charge in [-0.05, 0) is 150 Å². The van der Waals surface area contributed by atoms with E-state index < -0.39 is 0 Å². The fourth-order valence-corrected chi connectivity index (χ4v) is 9.45. The first-order valence-electron chi connectivity index (χ1n) is 21.0. The van der Waals surface area contributed by atoms with Gasteiger partial charge in [-0.2, -0.15) is 0 Å². The van der Waals surface area contributed by atoms with Crippen LogP contribution in [0.4, 0.5) is 43.2 Å². The molecule has 9 aromatic rings. The predicted molar refractivity (Wildman–Crippen MR) is 257 cm³/mol. The van der Waals surface area contributed by atoms with Crippen LogP contribution < -0.4 is 9.80 Å². The molecular formula is C54H48F2N6S. The fourth-order valence-electron chi connectivity index (χ4n) is 8.39. The quantitative estimate of drug-likeness (QED) is 0.137. The van der Waals surface area contributed by atoms with Crippen molar-refractivity contribution in [1.29, 1.82) is 0 Å². The highest BCUT2D eigenvalue weighted by atomic mass is 32.1. The molecule has 0 aliphatic rings. The van der Waals surface area contributed by atoms with E-state index in [0.717, 1.165) is 45.5 Å². The van der Waals surface area contributed by atoms with Gasteiger partial charge in [0.15, 0.2) is 0 Å². The van der Waals surface area contributed by atoms with E-state index >= 15 is 8.78 Å². The Bertz CT molecular complexity index is 2790. The number of nitrogens with zero attached hydrogens (tertiary/aromatic N) is 6. The van der Waals surface area contributed by atoms with Crippen molar-refractivity contribution in [3.63, 3.8) is 0 Å². The summed E-state index contributed by atoms with van der Waals surface area (Å²) in [6, 6.07) is 51.1. The monoisotopic (exact) mass is 850 g/mol. The number of rotatable bonds is 10. The molecular weight excluding hydrogens is 803 g/mol. The molecule has 4 aromatic carbocycles. The lowest BCUT2D eigenvalue weighted by atomic mass is 10.1. The second kappa shape index (κ2) is 16.6. The maximum Gasteiger partial charge on any atom is 0.133 e. The Kier molecular flexibility index (Phi) is 10.9. The van der Waals surface area contributed by atoms with Crippen molar-refractivity contribution in [2.45, 2.75) is 52.6 Å². The van der Waals surface area contributed by atoms with E-state index in [4.69, 9.17) is 0 Å². The molecule has 0 spiro atoms. The molecule has 0 fully saturated rings. The van der Waals surface area contributed by atoms with E-state index in [0.29, 0.717) is 32.3 Å². The highest BCUT2D eigenvalue weighted by molar-refractivity contribution is 7.18. The minimum absolute atomic E-state index is 0.315. The molecule has 0 aliphatic heterocycles. The van der Waals surface area contributed by atoms with Crippen molar-refractivity contribution in [2.75, 3.05) is 9.80 Å². The maximum atomic E-state index is 16.6. The lowest BCUT2D eigenvalue weighted by Gasteiger charge is -2.33. The van der Waals surface area contributed by atoms with E-state index in [1.54, 1.807) is 36.9 Å². The lowest BCUT2D eigenvalue weighted by Crippen LogP contribution is -2.27. The Balaban J connectivity index is 1.07. The van der Waals surface area contributed by atoms with Crippen LogP contribution in [0.25, 0.3) is 43.4 Å². The van der Waals surface area contributed by atoms with E-state index in [1.165, 1.54) is 11.3 Å². The zero-order valence-corrected chi connectivity index (χ0v) is 37.0. The van der Waals surface area contributed by atoms with Crippen LogP contribution in [0.5, 0.6) is 0 Å². The number of hydrogen-bond acceptors (Lipinski definition) is 5. The molecule has 0 saturated carbocycles. The van der Waals surface area contributed by atoms with Gasteiger partial charge in [-0.1, -0.05) is 60.7 Å². The van der Waals surface area contributed by atoms with Gasteiger partial charge in [-0.3, -0.25) is 19.8 Å². The van der Waals surface area contributed by atoms with Gasteiger partial charge in [0.25, 0.3) is 0 Å². The third-order valence-corrected chi connectivity index (χ3v) is 12.2. The predicted octanol–water partition coefficient (Wildman–Crippen LogP) is 15.5. The first kappa shape index (κ1) is 41.3. The maximum absolute atomic E-state index is 16.6. The van der Waals surface area contributed by atoms with E-state index in [-0.39, 0.29) is 22.7 Å². The molecule has 9 heteroatoms. The molecule has 5 heterocycles. The van der Waals surface area contributed by atoms with Crippen LogP contribution in [0.2, 0.25) is 0 Å². The summed E-state index contributed by atoms with van der Waals surface area (Å²) in [5.74, 6) is 0.992. The average molecular weight is 851 g/mol. The molecule has 9 rings (SSSR count). The molecule has 6 nitrogen and oxygen atoms in total. The molecule has 0 bridgehead atoms. The summed E-state index contributed by atoms with van der Waals surface area (Å²) in [6.07, 6.45) is 7.05. The summed E-state index contributed by atoms with van der Waals surface area (Å²) in [5.41, 5.74) is 7.43. The van der Waals surface area contributed by atoms with Crippen molar-refractivity contribution in [3.05, 3.63) is 194 Å². The first-order valence-corrected chi connectivity index (χ1v) is 21.8. The highest BCUT2D eigenvalue weighted by Gasteiger charge is 2.29. The van der Waals surface area contributed by atoms with Gasteiger partial charge in [0.05, 0.1) is 46.5 Å². The first-order chi connectivity index (χ1) is 30.4. The Morgan fingerprint density at radius 3 is 1.21 bits per heavy atom. The second-order valence-electron chi connectivity index (χ2n) is 17.5. The van der Waals surface area contributed by atoms with Crippen molar-refractivity contribution in [3.8, 4) is 43.4 Å². The van der Waals surface area contributed by atoms with Gasteiger partial charge in [0.2, 0.25) is 0 Å². The molecule has 0 radical (unpaired) electrons. The summed E-state index contributed by atoms with van der Waals surface area (Å²) in [7, 11) is 0. The normalized spacial score (nSPS) is 11.8. The number of thiophene rings is 1. The molecule has 0 atom stereocenters. The van der Waals surface area contributed by atoms with E-state index in [2.05, 4.69) is 109 Å². The minimum atomic E-state index is -0.383. The molecule has 314 valence electrons. The highest BCUT2D eigenvalue weighted by Crippen LogP contribution is 2.45. The van der Waals surface area contributed by atoms with E-state index in [1.807, 2.05) is 107 Å². The van der Waals surface area contributed by atoms with Gasteiger partial charge < -0.3 is 9.13 Å². The standard InChI is InChI=1S/C54H48F2N6S/c1-53(2,3)61-47(37-15-9-7-10-16-37)25-29-51(61)59(41-19-13-31-57-35-41)39-21-23-43(45(55)33-39)49-27-28-50(63-49)44-24-22-40(34-46(44)56)60(42-20-14-32-58-36-42)52-30-26-48(62(52)54(4,5)6)38-17-11-8-12-18-38/h7-36H,1-6H3. The third-order valence-electron chi connectivity index (χ3n) is 11.0. The lowest BCUT2D eigenvalue weighted by molar-refractivity contribution is 0.405. The van der Waals surface area contributed by atoms with Gasteiger partial charge in [0, 0.05) is 44.4 Å². The number of pyridine rings is 2. The molecule has 0 N–H and O–H groups in total. The topological polar surface area (TPSA) is 42.1 Å². The summed E-state index contributed by atoms with van der Waals surface area (Å²) >= 11 is 1.36. The van der Waals surface area contributed by atoms with Gasteiger partial charge >= 0.3 is 0 Å². The molecule has 63 heavy (non-hydrogen) atoms. The number of halogens is 2. The largest absolute Gasteiger partial charge is 0.322 e. The number of anilines is 6. The fraction of sp³-hybridized carbons (Fsp3) is 0.148. The second-order valence-corrected chi connectivity index (χ2v) is 18.6. The van der Waals surface area contributed by atoms with Crippen molar-refractivity contribution >= 4 is 45.7 Å². The minimum Gasteiger partial charge on any atom is -0.322 e. The molecule has 5 aromatic heterocycles. The smallest absolute Gasteiger partial charge is 0.133 e. The zero-order valence-electron chi connectivity index (χ0n) is 36.2. The van der Waals surface area contributed by atoms with Crippen LogP contribution in [-0.2, 0) is 11.1 Å². The molecule has 0 saturated heterocycles. The number of hydrogen-bond donors (Lipinski definition) is 0. The van der Waals surface area contributed by atoms with Crippen LogP contribution in [0.15, 0.2) is 183 Å². The van der Waals surface area contributed by atoms with Crippen LogP contribution in [0.3, 0.4) is 0 Å². The molecule has 0 aliphatic carbocycles. The Morgan fingerprint density at radius 2 is 0.857 bits per heavy atom. The average Bonchev–Trinajstić information content (AvgIpc) is 4.06. The Hall–Kier alpha value is -7.10. The van der Waals surface area contributed by atoms with Crippen LogP contribution in [0, 0.1) is 11.6 Å². The van der Waals surface area contributed by atoms with Crippen molar-refractivity contribution in [1.82, 2.24) is 19.1 Å². The zero-order chi connectivity index (χ0) is 43.9. The number of aromatic nitrogens is 4. The SMILES string of the molecule is CC(C)(C)n1c(-c2ccccc2)ccc1N(c1cccnc1)c1ccc(-c2ccc(-c3ccc(N(c4cccnc4)c4ccc(-c5ccccc5)n4C(C)(C)C)cc3F)s2)c(F)c1. The molecule has 0 amide bonds. The Morgan fingerprint density at radius 1 is 0.444 bits per heavy atom. The summed E-state index contributed by atoms with van der Waals surface area (Å²) in [6.45, 7) is 13.0. The van der Waals surface area contributed by atoms with Crippen molar-refractivity contribution < 1.29 is 8.78 Å². The van der Waals surface area contributed by atoms with Crippen LogP contribution >= 0.6 is 11.3 Å². The van der Waals surface area contributed by atoms with Crippen LogP contribution in [0.1, 0.15) is 41.5 Å². The number of benzene rings is 4. The summed E-state index contributed by atoms with van der Waals surface area (Å²) < 4.78 is 37.7. The van der Waals surface area contributed by atoms with Crippen LogP contribution in [-0.4, -0.2) is 19.1 Å². The summed E-state index contributed by atoms with van der Waals surface area (Å²) in [4.78, 5) is 14.3. The van der Waals surface area contributed by atoms with Gasteiger partial charge in [0.1, 0.15) is 23.3 Å². The van der Waals surface area contributed by atoms with E-state index in [9.17, 15) is 0 Å². The van der Waals surface area contributed by atoms with Gasteiger partial charge in [-0.15, -0.1) is 11.3 Å². The Labute approximate surface area is 372 Å². The van der Waals surface area contributed by atoms with Crippen molar-refractivity contribution in [2.24, 2.45) is 0 Å². The third kappa shape index (κ3) is 8.08. The van der Waals surface area contributed by atoms with Gasteiger partial charge in [-0.25, -0.2) is 8.78 Å².